The first kappa shape index (κ1) is 22.2. The first-order chi connectivity index (χ1) is 14.4. The Kier molecular flexibility index (Phi) is 7.37. The van der Waals surface area contributed by atoms with Crippen LogP contribution in [0.3, 0.4) is 0 Å². The average molecular weight is 476 g/mol. The van der Waals surface area contributed by atoms with Crippen LogP contribution in [0.15, 0.2) is 40.9 Å². The fourth-order valence-corrected chi connectivity index (χ4v) is 3.96. The van der Waals surface area contributed by atoms with Gasteiger partial charge in [0.15, 0.2) is 17.6 Å². The number of halogens is 1. The van der Waals surface area contributed by atoms with Crippen LogP contribution < -0.4 is 9.47 Å². The Morgan fingerprint density at radius 3 is 2.63 bits per heavy atom. The van der Waals surface area contributed by atoms with Crippen LogP contribution in [0, 0.1) is 0 Å². The van der Waals surface area contributed by atoms with Crippen LogP contribution in [0.2, 0.25) is 0 Å². The van der Waals surface area contributed by atoms with Crippen molar-refractivity contribution in [3.8, 4) is 11.5 Å². The van der Waals surface area contributed by atoms with Crippen LogP contribution in [0.5, 0.6) is 11.5 Å². The molecule has 1 aliphatic heterocycles. The van der Waals surface area contributed by atoms with Crippen LogP contribution in [-0.4, -0.2) is 43.1 Å². The number of benzene rings is 2. The summed E-state index contributed by atoms with van der Waals surface area (Å²) < 4.78 is 17.1. The molecule has 1 amide bonds. The van der Waals surface area contributed by atoms with Crippen molar-refractivity contribution in [2.45, 2.75) is 39.3 Å². The Morgan fingerprint density at radius 1 is 1.20 bits per heavy atom. The Balaban J connectivity index is 1.68. The summed E-state index contributed by atoms with van der Waals surface area (Å²) in [7, 11) is 1.51. The molecule has 0 radical (unpaired) electrons. The van der Waals surface area contributed by atoms with E-state index in [1.807, 2.05) is 25.1 Å². The van der Waals surface area contributed by atoms with Gasteiger partial charge in [-0.3, -0.25) is 4.79 Å². The fourth-order valence-electron chi connectivity index (χ4n) is 3.40. The van der Waals surface area contributed by atoms with Gasteiger partial charge in [0.1, 0.15) is 0 Å². The summed E-state index contributed by atoms with van der Waals surface area (Å²) in [5.74, 6) is 0.171. The highest BCUT2D eigenvalue weighted by Crippen LogP contribution is 2.37. The molecule has 30 heavy (non-hydrogen) atoms. The van der Waals surface area contributed by atoms with Crippen LogP contribution in [0.1, 0.15) is 41.8 Å². The molecule has 2 aromatic carbocycles. The van der Waals surface area contributed by atoms with Gasteiger partial charge in [0.2, 0.25) is 0 Å². The van der Waals surface area contributed by atoms with Crippen LogP contribution >= 0.6 is 15.9 Å². The molecular weight excluding hydrogens is 450 g/mol. The number of amides is 1. The molecule has 1 atom stereocenters. The Labute approximate surface area is 185 Å². The molecule has 0 aliphatic carbocycles. The first-order valence-electron chi connectivity index (χ1n) is 10.0. The Hall–Kier alpha value is -2.54. The number of ether oxygens (including phenoxy) is 3. The van der Waals surface area contributed by atoms with Crippen LogP contribution in [0.25, 0.3) is 0 Å². The zero-order valence-corrected chi connectivity index (χ0v) is 19.0. The molecule has 2 aromatic rings. The van der Waals surface area contributed by atoms with Gasteiger partial charge in [0.25, 0.3) is 5.91 Å². The van der Waals surface area contributed by atoms with E-state index < -0.39 is 12.1 Å². The summed E-state index contributed by atoms with van der Waals surface area (Å²) in [5.41, 5.74) is 2.67. The minimum Gasteiger partial charge on any atom is -0.493 e. The highest BCUT2D eigenvalue weighted by Gasteiger charge is 2.28. The van der Waals surface area contributed by atoms with Gasteiger partial charge in [-0.05, 0) is 59.0 Å². The van der Waals surface area contributed by atoms with Crippen molar-refractivity contribution in [3.05, 3.63) is 57.6 Å². The van der Waals surface area contributed by atoms with E-state index in [0.717, 1.165) is 18.4 Å². The lowest BCUT2D eigenvalue weighted by molar-refractivity contribution is -0.140. The van der Waals surface area contributed by atoms with Crippen molar-refractivity contribution in [3.63, 3.8) is 0 Å². The maximum Gasteiger partial charge on any atom is 0.339 e. The summed E-state index contributed by atoms with van der Waals surface area (Å²) in [6.45, 7) is 5.28. The first-order valence-corrected chi connectivity index (χ1v) is 10.8. The van der Waals surface area contributed by atoms with Crippen molar-refractivity contribution in [1.29, 1.82) is 0 Å². The summed E-state index contributed by atoms with van der Waals surface area (Å²) in [5, 5.41) is 0. The van der Waals surface area contributed by atoms with Crippen molar-refractivity contribution < 1.29 is 23.8 Å². The number of hydrogen-bond acceptors (Lipinski definition) is 5. The number of rotatable bonds is 7. The molecule has 6 nitrogen and oxygen atoms in total. The second-order valence-corrected chi connectivity index (χ2v) is 8.02. The van der Waals surface area contributed by atoms with Gasteiger partial charge < -0.3 is 19.1 Å². The quantitative estimate of drug-likeness (QED) is 0.556. The van der Waals surface area contributed by atoms with Crippen LogP contribution in [0.4, 0.5) is 0 Å². The molecule has 0 spiro atoms. The number of methoxy groups -OCH3 is 1. The standard InChI is InChI=1S/C23H26BrNO5/c1-4-11-29-21-19(24)12-18(13-20(21)28-3)23(27)30-15(2)22(26)25-10-9-16-7-5-6-8-17(16)14-25/h5-8,12-13,15H,4,9-11,14H2,1-3H3. The molecular formula is C23H26BrNO5. The van der Waals surface area contributed by atoms with E-state index in [-0.39, 0.29) is 11.5 Å². The van der Waals surface area contributed by atoms with Crippen molar-refractivity contribution in [2.75, 3.05) is 20.3 Å². The lowest BCUT2D eigenvalue weighted by Crippen LogP contribution is -2.42. The lowest BCUT2D eigenvalue weighted by atomic mass is 9.99. The summed E-state index contributed by atoms with van der Waals surface area (Å²) in [4.78, 5) is 27.2. The molecule has 0 saturated carbocycles. The third kappa shape index (κ3) is 4.95. The summed E-state index contributed by atoms with van der Waals surface area (Å²) in [6, 6.07) is 11.3. The number of carbonyl (C=O) groups excluding carboxylic acids is 2. The van der Waals surface area contributed by atoms with Gasteiger partial charge in [0.05, 0.1) is 23.8 Å². The minimum absolute atomic E-state index is 0.202. The molecule has 0 fully saturated rings. The zero-order valence-electron chi connectivity index (χ0n) is 17.4. The lowest BCUT2D eigenvalue weighted by Gasteiger charge is -2.30. The molecule has 0 N–H and O–H groups in total. The summed E-state index contributed by atoms with van der Waals surface area (Å²) >= 11 is 3.42. The zero-order chi connectivity index (χ0) is 21.7. The molecule has 3 rings (SSSR count). The maximum atomic E-state index is 12.8. The maximum absolute atomic E-state index is 12.8. The predicted octanol–water partition coefficient (Wildman–Crippen LogP) is 4.38. The largest absolute Gasteiger partial charge is 0.493 e. The van der Waals surface area contributed by atoms with Gasteiger partial charge in [-0.2, -0.15) is 0 Å². The van der Waals surface area contributed by atoms with E-state index in [9.17, 15) is 9.59 Å². The van der Waals surface area contributed by atoms with Crippen molar-refractivity contribution >= 4 is 27.8 Å². The normalized spacial score (nSPS) is 13.9. The number of nitrogens with zero attached hydrogens (tertiary/aromatic N) is 1. The SMILES string of the molecule is CCCOc1c(Br)cc(C(=O)OC(C)C(=O)N2CCc3ccccc3C2)cc1OC. The van der Waals surface area contributed by atoms with E-state index in [1.54, 1.807) is 24.0 Å². The number of fused-ring (bicyclic) bond motifs is 1. The molecule has 1 heterocycles. The van der Waals surface area contributed by atoms with E-state index in [4.69, 9.17) is 14.2 Å². The molecule has 1 unspecified atom stereocenters. The summed E-state index contributed by atoms with van der Waals surface area (Å²) in [6.07, 6.45) is 0.759. The van der Waals surface area contributed by atoms with Gasteiger partial charge in [0, 0.05) is 13.1 Å². The highest BCUT2D eigenvalue weighted by molar-refractivity contribution is 9.10. The molecule has 7 heteroatoms. The van der Waals surface area contributed by atoms with Crippen molar-refractivity contribution in [1.82, 2.24) is 4.90 Å². The highest BCUT2D eigenvalue weighted by atomic mass is 79.9. The van der Waals surface area contributed by atoms with Gasteiger partial charge in [-0.1, -0.05) is 31.2 Å². The molecule has 0 bridgehead atoms. The number of carbonyl (C=O) groups is 2. The second kappa shape index (κ2) is 9.98. The monoisotopic (exact) mass is 475 g/mol. The average Bonchev–Trinajstić information content (AvgIpc) is 2.76. The molecule has 1 aliphatic rings. The van der Waals surface area contributed by atoms with E-state index in [2.05, 4.69) is 22.0 Å². The van der Waals surface area contributed by atoms with Gasteiger partial charge in [-0.25, -0.2) is 4.79 Å². The van der Waals surface area contributed by atoms with Crippen LogP contribution in [-0.2, 0) is 22.5 Å². The topological polar surface area (TPSA) is 65.1 Å². The Bertz CT molecular complexity index is 930. The van der Waals surface area contributed by atoms with E-state index in [0.29, 0.717) is 35.7 Å². The third-order valence-corrected chi connectivity index (χ3v) is 5.58. The van der Waals surface area contributed by atoms with E-state index in [1.165, 1.54) is 12.7 Å². The molecule has 0 aromatic heterocycles. The van der Waals surface area contributed by atoms with Gasteiger partial charge in [-0.15, -0.1) is 0 Å². The molecule has 0 saturated heterocycles. The smallest absolute Gasteiger partial charge is 0.339 e. The fraction of sp³-hybridized carbons (Fsp3) is 0.391. The third-order valence-electron chi connectivity index (χ3n) is 4.99. The number of esters is 1. The van der Waals surface area contributed by atoms with Crippen molar-refractivity contribution in [2.24, 2.45) is 0 Å². The second-order valence-electron chi connectivity index (χ2n) is 7.16. The minimum atomic E-state index is -0.886. The number of hydrogen-bond donors (Lipinski definition) is 0. The Morgan fingerprint density at radius 2 is 1.93 bits per heavy atom. The molecule has 160 valence electrons. The van der Waals surface area contributed by atoms with Gasteiger partial charge >= 0.3 is 5.97 Å². The van der Waals surface area contributed by atoms with E-state index >= 15 is 0 Å². The predicted molar refractivity (Wildman–Crippen MR) is 117 cm³/mol.